The first-order chi connectivity index (χ1) is 8.61. The number of rotatable bonds is 4. The van der Waals surface area contributed by atoms with Crippen molar-refractivity contribution in [1.29, 1.82) is 0 Å². The smallest absolute Gasteiger partial charge is 0.110 e. The van der Waals surface area contributed by atoms with Crippen LogP contribution in [0.15, 0.2) is 35.1 Å². The van der Waals surface area contributed by atoms with E-state index in [0.29, 0.717) is 11.4 Å². The fourth-order valence-corrected chi connectivity index (χ4v) is 2.21. The molecule has 6 heteroatoms. The van der Waals surface area contributed by atoms with Crippen molar-refractivity contribution >= 4 is 27.5 Å². The van der Waals surface area contributed by atoms with Gasteiger partial charge in [0.2, 0.25) is 0 Å². The molecule has 1 unspecified atom stereocenters. The first kappa shape index (κ1) is 13.5. The molecule has 4 nitrogen and oxygen atoms in total. The maximum atomic E-state index is 6.09. The lowest BCUT2D eigenvalue weighted by Crippen LogP contribution is -2.30. The molecule has 0 bridgehead atoms. The number of nitrogens with one attached hydrogen (secondary N) is 1. The Kier molecular flexibility index (Phi) is 4.40. The summed E-state index contributed by atoms with van der Waals surface area (Å²) in [5.41, 5.74) is 3.84. The van der Waals surface area contributed by atoms with E-state index in [1.54, 1.807) is 6.20 Å². The minimum Gasteiger partial charge on any atom is -0.338 e. The number of benzene rings is 1. The van der Waals surface area contributed by atoms with Gasteiger partial charge in [-0.25, -0.2) is 4.98 Å². The summed E-state index contributed by atoms with van der Waals surface area (Å²) < 4.78 is 2.85. The molecule has 0 spiro atoms. The number of nitrogens with zero attached hydrogens (tertiary/aromatic N) is 2. The Balaban J connectivity index is 2.23. The molecule has 2 aromatic rings. The molecule has 1 aromatic carbocycles. The number of imidazole rings is 1. The number of hydrogen-bond donors (Lipinski definition) is 2. The van der Waals surface area contributed by atoms with Crippen LogP contribution in [0.4, 0.5) is 0 Å². The quantitative estimate of drug-likeness (QED) is 0.669. The maximum absolute atomic E-state index is 6.09. The van der Waals surface area contributed by atoms with E-state index in [0.717, 1.165) is 15.9 Å². The predicted molar refractivity (Wildman–Crippen MR) is 76.1 cm³/mol. The zero-order valence-corrected chi connectivity index (χ0v) is 12.2. The molecule has 1 heterocycles. The lowest BCUT2D eigenvalue weighted by molar-refractivity contribution is 0.530. The van der Waals surface area contributed by atoms with Crippen LogP contribution >= 0.6 is 27.5 Å². The molecule has 1 aromatic heterocycles. The molecule has 0 radical (unpaired) electrons. The van der Waals surface area contributed by atoms with Crippen molar-refractivity contribution in [3.8, 4) is 0 Å². The molecule has 0 amide bonds. The Morgan fingerprint density at radius 1 is 1.56 bits per heavy atom. The topological polar surface area (TPSA) is 55.9 Å². The van der Waals surface area contributed by atoms with Gasteiger partial charge in [-0.05, 0) is 33.6 Å². The van der Waals surface area contributed by atoms with Gasteiger partial charge in [0.25, 0.3) is 0 Å². The van der Waals surface area contributed by atoms with Gasteiger partial charge >= 0.3 is 0 Å². The summed E-state index contributed by atoms with van der Waals surface area (Å²) in [6, 6.07) is 5.79. The Bertz CT molecular complexity index is 541. The Hall–Kier alpha value is -0.880. The molecule has 0 saturated heterocycles. The number of aromatic nitrogens is 2. The van der Waals surface area contributed by atoms with Crippen LogP contribution in [0, 0.1) is 0 Å². The van der Waals surface area contributed by atoms with Crippen molar-refractivity contribution in [2.24, 2.45) is 12.9 Å². The van der Waals surface area contributed by atoms with E-state index in [-0.39, 0.29) is 6.04 Å². The van der Waals surface area contributed by atoms with Crippen LogP contribution in [0.2, 0.25) is 5.02 Å². The summed E-state index contributed by atoms with van der Waals surface area (Å²) in [6.07, 6.45) is 4.40. The van der Waals surface area contributed by atoms with E-state index in [4.69, 9.17) is 17.4 Å². The molecule has 3 N–H and O–H groups in total. The number of halogens is 2. The number of hydrazine groups is 1. The molecule has 0 saturated carbocycles. The molecule has 0 aliphatic rings. The Morgan fingerprint density at radius 3 is 2.89 bits per heavy atom. The van der Waals surface area contributed by atoms with Crippen LogP contribution in [0.25, 0.3) is 0 Å². The van der Waals surface area contributed by atoms with E-state index in [9.17, 15) is 0 Å². The minimum atomic E-state index is -0.0169. The third-order valence-electron chi connectivity index (χ3n) is 2.85. The van der Waals surface area contributed by atoms with Crippen molar-refractivity contribution in [3.05, 3.63) is 51.5 Å². The first-order valence-corrected chi connectivity index (χ1v) is 6.66. The largest absolute Gasteiger partial charge is 0.338 e. The van der Waals surface area contributed by atoms with Crippen molar-refractivity contribution in [3.63, 3.8) is 0 Å². The second kappa shape index (κ2) is 5.84. The van der Waals surface area contributed by atoms with E-state index in [1.165, 1.54) is 0 Å². The molecular formula is C12H14BrClN4. The van der Waals surface area contributed by atoms with Crippen molar-refractivity contribution in [2.75, 3.05) is 0 Å². The predicted octanol–water partition coefficient (Wildman–Crippen LogP) is 2.58. The van der Waals surface area contributed by atoms with Gasteiger partial charge in [-0.2, -0.15) is 0 Å². The summed E-state index contributed by atoms with van der Waals surface area (Å²) in [7, 11) is 1.96. The normalized spacial score (nSPS) is 12.7. The summed E-state index contributed by atoms with van der Waals surface area (Å²) >= 11 is 9.46. The van der Waals surface area contributed by atoms with Gasteiger partial charge in [-0.15, -0.1) is 0 Å². The molecule has 0 aliphatic heterocycles. The summed E-state index contributed by atoms with van der Waals surface area (Å²) in [4.78, 5) is 4.29. The SMILES string of the molecule is Cn1ccnc1CC(NN)c1ccc(Br)c(Cl)c1. The van der Waals surface area contributed by atoms with Crippen LogP contribution in [-0.2, 0) is 13.5 Å². The highest BCUT2D eigenvalue weighted by Gasteiger charge is 2.14. The number of hydrogen-bond acceptors (Lipinski definition) is 3. The second-order valence-corrected chi connectivity index (χ2v) is 5.31. The third kappa shape index (κ3) is 2.92. The second-order valence-electron chi connectivity index (χ2n) is 4.05. The van der Waals surface area contributed by atoms with Crippen LogP contribution in [0.5, 0.6) is 0 Å². The van der Waals surface area contributed by atoms with Gasteiger partial charge in [0.1, 0.15) is 5.82 Å². The van der Waals surface area contributed by atoms with Crippen LogP contribution in [0.3, 0.4) is 0 Å². The van der Waals surface area contributed by atoms with E-state index in [2.05, 4.69) is 26.3 Å². The van der Waals surface area contributed by atoms with Gasteiger partial charge in [0, 0.05) is 30.3 Å². The fourth-order valence-electron chi connectivity index (χ4n) is 1.78. The summed E-state index contributed by atoms with van der Waals surface area (Å²) in [5.74, 6) is 6.59. The van der Waals surface area contributed by atoms with Crippen molar-refractivity contribution in [1.82, 2.24) is 15.0 Å². The van der Waals surface area contributed by atoms with E-state index >= 15 is 0 Å². The average molecular weight is 330 g/mol. The van der Waals surface area contributed by atoms with Crippen LogP contribution in [-0.4, -0.2) is 9.55 Å². The molecule has 18 heavy (non-hydrogen) atoms. The fraction of sp³-hybridized carbons (Fsp3) is 0.250. The average Bonchev–Trinajstić information content (AvgIpc) is 2.75. The molecular weight excluding hydrogens is 316 g/mol. The maximum Gasteiger partial charge on any atom is 0.110 e. The van der Waals surface area contributed by atoms with Crippen molar-refractivity contribution in [2.45, 2.75) is 12.5 Å². The van der Waals surface area contributed by atoms with Gasteiger partial charge < -0.3 is 4.57 Å². The minimum absolute atomic E-state index is 0.0169. The summed E-state index contributed by atoms with van der Waals surface area (Å²) in [6.45, 7) is 0. The highest BCUT2D eigenvalue weighted by Crippen LogP contribution is 2.27. The highest BCUT2D eigenvalue weighted by atomic mass is 79.9. The molecule has 96 valence electrons. The standard InChI is InChI=1S/C12H14BrClN4/c1-18-5-4-16-12(18)7-11(17-15)8-2-3-9(13)10(14)6-8/h2-6,11,17H,7,15H2,1H3. The van der Waals surface area contributed by atoms with Gasteiger partial charge in [-0.1, -0.05) is 17.7 Å². The Morgan fingerprint density at radius 2 is 2.33 bits per heavy atom. The Labute approximate surface area is 119 Å². The molecule has 0 aliphatic carbocycles. The first-order valence-electron chi connectivity index (χ1n) is 5.49. The summed E-state index contributed by atoms with van der Waals surface area (Å²) in [5, 5.41) is 0.674. The zero-order chi connectivity index (χ0) is 13.1. The van der Waals surface area contributed by atoms with Gasteiger partial charge in [0.05, 0.1) is 11.1 Å². The third-order valence-corrected chi connectivity index (χ3v) is 4.09. The number of nitrogens with two attached hydrogens (primary N) is 1. The zero-order valence-electron chi connectivity index (χ0n) is 9.90. The van der Waals surface area contributed by atoms with Crippen LogP contribution in [0.1, 0.15) is 17.4 Å². The van der Waals surface area contributed by atoms with Crippen molar-refractivity contribution < 1.29 is 0 Å². The van der Waals surface area contributed by atoms with Gasteiger partial charge in [-0.3, -0.25) is 11.3 Å². The van der Waals surface area contributed by atoms with Crippen LogP contribution < -0.4 is 11.3 Å². The van der Waals surface area contributed by atoms with E-state index < -0.39 is 0 Å². The molecule has 0 fully saturated rings. The monoisotopic (exact) mass is 328 g/mol. The molecule has 1 atom stereocenters. The lowest BCUT2D eigenvalue weighted by Gasteiger charge is -2.16. The van der Waals surface area contributed by atoms with E-state index in [1.807, 2.05) is 36.0 Å². The lowest BCUT2D eigenvalue weighted by atomic mass is 10.0. The molecule has 2 rings (SSSR count). The number of aryl methyl sites for hydroxylation is 1. The highest BCUT2D eigenvalue weighted by molar-refractivity contribution is 9.10. The van der Waals surface area contributed by atoms with Gasteiger partial charge in [0.15, 0.2) is 0 Å².